The van der Waals surface area contributed by atoms with Gasteiger partial charge in [-0.05, 0) is 42.7 Å². The zero-order valence-corrected chi connectivity index (χ0v) is 19.9. The maximum Gasteiger partial charge on any atom is 0.335 e. The molecule has 8 nitrogen and oxygen atoms in total. The molecule has 0 fully saturated rings. The van der Waals surface area contributed by atoms with Crippen LogP contribution in [0.2, 0.25) is 0 Å². The zero-order valence-electron chi connectivity index (χ0n) is 19.9. The number of carboxylic acid groups (broad SMARTS) is 1. The normalized spacial score (nSPS) is 11.2. The number of nitrogens with zero attached hydrogens (tertiary/aromatic N) is 2. The van der Waals surface area contributed by atoms with E-state index in [1.54, 1.807) is 25.1 Å². The summed E-state index contributed by atoms with van der Waals surface area (Å²) in [4.78, 5) is 32.6. The van der Waals surface area contributed by atoms with E-state index in [0.717, 1.165) is 0 Å². The summed E-state index contributed by atoms with van der Waals surface area (Å²) in [7, 11) is 1.46. The van der Waals surface area contributed by atoms with E-state index < -0.39 is 5.97 Å². The number of carbonyl (C=O) groups is 2. The molecule has 0 atom stereocenters. The van der Waals surface area contributed by atoms with Crippen LogP contribution in [0.3, 0.4) is 0 Å². The molecule has 34 heavy (non-hydrogen) atoms. The lowest BCUT2D eigenvalue weighted by Crippen LogP contribution is -2.13. The molecule has 1 aromatic heterocycles. The second-order valence-electron chi connectivity index (χ2n) is 9.18. The number of Topliss-reactive ketones (excluding diaryl/α,β-unsaturated/α-hetero) is 1. The van der Waals surface area contributed by atoms with Crippen molar-refractivity contribution in [3.8, 4) is 28.5 Å². The van der Waals surface area contributed by atoms with Gasteiger partial charge in [0.25, 0.3) is 0 Å². The van der Waals surface area contributed by atoms with Crippen LogP contribution in [0.4, 0.5) is 0 Å². The van der Waals surface area contributed by atoms with Gasteiger partial charge in [0.05, 0.1) is 42.0 Å². The summed E-state index contributed by atoms with van der Waals surface area (Å²) in [6, 6.07) is 7.85. The quantitative estimate of drug-likeness (QED) is 0.444. The molecule has 2 N–H and O–H groups in total. The van der Waals surface area contributed by atoms with Crippen LogP contribution in [0.1, 0.15) is 59.2 Å². The molecule has 178 valence electrons. The Morgan fingerprint density at radius 3 is 2.38 bits per heavy atom. The van der Waals surface area contributed by atoms with E-state index in [1.165, 1.54) is 31.6 Å². The van der Waals surface area contributed by atoms with Gasteiger partial charge in [-0.1, -0.05) is 20.8 Å². The first-order valence-corrected chi connectivity index (χ1v) is 10.7. The standard InChI is InChI=1S/C26H28N2O6/c1-15-23(7-6-20(24(15)30)22(29)11-26(2,3)4)34-14-18-12-28-21(13-27-18)16-8-17(25(31)32)10-19(9-16)33-5/h6-10,12-13,30H,11,14H2,1-5H3,(H,31,32). The third kappa shape index (κ3) is 5.89. The number of aromatic carboxylic acids is 1. The lowest BCUT2D eigenvalue weighted by molar-refractivity contribution is 0.0696. The minimum absolute atomic E-state index is 0.0829. The highest BCUT2D eigenvalue weighted by Gasteiger charge is 2.21. The number of carbonyl (C=O) groups excluding carboxylic acids is 1. The van der Waals surface area contributed by atoms with Gasteiger partial charge in [0.15, 0.2) is 5.78 Å². The van der Waals surface area contributed by atoms with Crippen molar-refractivity contribution in [2.24, 2.45) is 5.41 Å². The number of hydrogen-bond donors (Lipinski definition) is 2. The predicted molar refractivity (Wildman–Crippen MR) is 127 cm³/mol. The fourth-order valence-electron chi connectivity index (χ4n) is 3.36. The highest BCUT2D eigenvalue weighted by molar-refractivity contribution is 5.99. The number of aromatic nitrogens is 2. The summed E-state index contributed by atoms with van der Waals surface area (Å²) in [5.41, 5.74) is 2.25. The fourth-order valence-corrected chi connectivity index (χ4v) is 3.36. The molecule has 8 heteroatoms. The summed E-state index contributed by atoms with van der Waals surface area (Å²) in [6.07, 6.45) is 3.38. The van der Waals surface area contributed by atoms with Gasteiger partial charge in [-0.25, -0.2) is 4.79 Å². The number of carboxylic acids is 1. The van der Waals surface area contributed by atoms with Crippen LogP contribution in [0, 0.1) is 12.3 Å². The molecule has 0 saturated heterocycles. The average molecular weight is 465 g/mol. The Hall–Kier alpha value is -3.94. The summed E-state index contributed by atoms with van der Waals surface area (Å²) < 4.78 is 11.0. The monoisotopic (exact) mass is 464 g/mol. The Labute approximate surface area is 198 Å². The molecule has 1 heterocycles. The largest absolute Gasteiger partial charge is 0.507 e. The van der Waals surface area contributed by atoms with Crippen molar-refractivity contribution in [3.05, 3.63) is 65.1 Å². The minimum atomic E-state index is -1.07. The van der Waals surface area contributed by atoms with Gasteiger partial charge in [0.2, 0.25) is 0 Å². The molecule has 0 amide bonds. The number of benzene rings is 2. The van der Waals surface area contributed by atoms with E-state index in [0.29, 0.717) is 40.4 Å². The lowest BCUT2D eigenvalue weighted by atomic mass is 9.87. The molecule has 3 aromatic rings. The first kappa shape index (κ1) is 24.7. The first-order valence-electron chi connectivity index (χ1n) is 10.7. The van der Waals surface area contributed by atoms with E-state index in [-0.39, 0.29) is 34.7 Å². The van der Waals surface area contributed by atoms with Gasteiger partial charge in [-0.3, -0.25) is 14.8 Å². The van der Waals surface area contributed by atoms with Gasteiger partial charge in [0.1, 0.15) is 23.9 Å². The van der Waals surface area contributed by atoms with Crippen LogP contribution in [0.25, 0.3) is 11.3 Å². The number of hydrogen-bond acceptors (Lipinski definition) is 7. The van der Waals surface area contributed by atoms with Gasteiger partial charge in [-0.2, -0.15) is 0 Å². The van der Waals surface area contributed by atoms with Gasteiger partial charge in [-0.15, -0.1) is 0 Å². The summed E-state index contributed by atoms with van der Waals surface area (Å²) in [5.74, 6) is -0.425. The topological polar surface area (TPSA) is 119 Å². The van der Waals surface area contributed by atoms with Crippen LogP contribution in [-0.2, 0) is 6.61 Å². The number of phenols is 1. The lowest BCUT2D eigenvalue weighted by Gasteiger charge is -2.18. The number of methoxy groups -OCH3 is 1. The predicted octanol–water partition coefficient (Wildman–Crippen LogP) is 5.06. The molecule has 0 aliphatic rings. The van der Waals surface area contributed by atoms with E-state index in [1.807, 2.05) is 20.8 Å². The SMILES string of the molecule is COc1cc(C(=O)O)cc(-c2cnc(COc3ccc(C(=O)CC(C)(C)C)c(O)c3C)cn2)c1. The minimum Gasteiger partial charge on any atom is -0.507 e. The fraction of sp³-hybridized carbons (Fsp3) is 0.308. The summed E-state index contributed by atoms with van der Waals surface area (Å²) >= 11 is 0. The second-order valence-corrected chi connectivity index (χ2v) is 9.18. The molecule has 0 spiro atoms. The van der Waals surface area contributed by atoms with E-state index >= 15 is 0 Å². The van der Waals surface area contributed by atoms with Crippen LogP contribution in [0.5, 0.6) is 17.2 Å². The van der Waals surface area contributed by atoms with E-state index in [9.17, 15) is 19.8 Å². The van der Waals surface area contributed by atoms with Crippen molar-refractivity contribution < 1.29 is 29.3 Å². The molecular weight excluding hydrogens is 436 g/mol. The van der Waals surface area contributed by atoms with Crippen molar-refractivity contribution >= 4 is 11.8 Å². The zero-order chi connectivity index (χ0) is 25.0. The molecule has 3 rings (SSSR count). The number of ether oxygens (including phenoxy) is 2. The third-order valence-corrected chi connectivity index (χ3v) is 5.14. The summed E-state index contributed by atoms with van der Waals surface area (Å²) in [5, 5.41) is 19.8. The van der Waals surface area contributed by atoms with Crippen LogP contribution in [-0.4, -0.2) is 39.0 Å². The van der Waals surface area contributed by atoms with Crippen LogP contribution in [0.15, 0.2) is 42.7 Å². The first-order chi connectivity index (χ1) is 16.0. The molecule has 2 aromatic carbocycles. The molecule has 0 saturated carbocycles. The van der Waals surface area contributed by atoms with Crippen LogP contribution < -0.4 is 9.47 Å². The molecule has 0 aliphatic carbocycles. The Morgan fingerprint density at radius 2 is 1.79 bits per heavy atom. The maximum atomic E-state index is 12.5. The highest BCUT2D eigenvalue weighted by atomic mass is 16.5. The Kier molecular flexibility index (Phi) is 7.20. The van der Waals surface area contributed by atoms with Crippen LogP contribution >= 0.6 is 0 Å². The van der Waals surface area contributed by atoms with E-state index in [4.69, 9.17) is 9.47 Å². The number of phenolic OH excluding ortho intramolecular Hbond substituents is 1. The smallest absolute Gasteiger partial charge is 0.335 e. The van der Waals surface area contributed by atoms with Crippen molar-refractivity contribution in [1.82, 2.24) is 9.97 Å². The Balaban J connectivity index is 1.74. The molecule has 0 unspecified atom stereocenters. The molecular formula is C26H28N2O6. The van der Waals surface area contributed by atoms with Crippen molar-refractivity contribution in [2.75, 3.05) is 7.11 Å². The average Bonchev–Trinajstić information content (AvgIpc) is 2.78. The number of aromatic hydroxyl groups is 1. The van der Waals surface area contributed by atoms with Gasteiger partial charge < -0.3 is 19.7 Å². The third-order valence-electron chi connectivity index (χ3n) is 5.14. The van der Waals surface area contributed by atoms with Gasteiger partial charge in [0, 0.05) is 17.5 Å². The molecule has 0 aliphatic heterocycles. The highest BCUT2D eigenvalue weighted by Crippen LogP contribution is 2.33. The maximum absolute atomic E-state index is 12.5. The van der Waals surface area contributed by atoms with Crippen molar-refractivity contribution in [3.63, 3.8) is 0 Å². The van der Waals surface area contributed by atoms with Crippen molar-refractivity contribution in [1.29, 1.82) is 0 Å². The van der Waals surface area contributed by atoms with Gasteiger partial charge >= 0.3 is 5.97 Å². The summed E-state index contributed by atoms with van der Waals surface area (Å²) in [6.45, 7) is 7.70. The van der Waals surface area contributed by atoms with Crippen molar-refractivity contribution in [2.45, 2.75) is 40.7 Å². The number of rotatable bonds is 8. The number of ketones is 1. The molecule has 0 radical (unpaired) electrons. The Bertz CT molecular complexity index is 1210. The second kappa shape index (κ2) is 9.91. The molecule has 0 bridgehead atoms. The van der Waals surface area contributed by atoms with E-state index in [2.05, 4.69) is 9.97 Å². The Morgan fingerprint density at radius 1 is 1.06 bits per heavy atom.